The zero-order valence-electron chi connectivity index (χ0n) is 30.3. The van der Waals surface area contributed by atoms with E-state index >= 15 is 0 Å². The lowest BCUT2D eigenvalue weighted by Gasteiger charge is -2.25. The molecule has 4 heterocycles. The lowest BCUT2D eigenvalue weighted by atomic mass is 9.83. The van der Waals surface area contributed by atoms with Gasteiger partial charge in [-0.1, -0.05) is 106 Å². The highest BCUT2D eigenvalue weighted by molar-refractivity contribution is 6.32. The summed E-state index contributed by atoms with van der Waals surface area (Å²) in [6.45, 7) is 6.25. The molecule has 5 aromatic rings. The van der Waals surface area contributed by atoms with Crippen molar-refractivity contribution in [3.8, 4) is 0 Å². The van der Waals surface area contributed by atoms with Crippen molar-refractivity contribution in [2.45, 2.75) is 26.2 Å². The molecule has 0 atom stereocenters. The van der Waals surface area contributed by atoms with Gasteiger partial charge in [-0.25, -0.2) is 0 Å². The molecule has 4 aliphatic rings. The second kappa shape index (κ2) is 11.2. The fraction of sp³-hybridized carbons (Fsp3) is 0.156. The van der Waals surface area contributed by atoms with Gasteiger partial charge in [0.2, 0.25) is 0 Å². The Hall–Kier alpha value is -6.54. The molecule has 0 unspecified atom stereocenters. The fourth-order valence-corrected chi connectivity index (χ4v) is 8.27. The molecular formula is C45H36N4O4. The van der Waals surface area contributed by atoms with Crippen LogP contribution in [0.2, 0.25) is 0 Å². The van der Waals surface area contributed by atoms with E-state index in [0.717, 1.165) is 38.2 Å². The van der Waals surface area contributed by atoms with Crippen LogP contribution in [0.5, 0.6) is 0 Å². The van der Waals surface area contributed by atoms with Crippen molar-refractivity contribution in [3.05, 3.63) is 153 Å². The van der Waals surface area contributed by atoms with E-state index in [4.69, 9.17) is 0 Å². The third-order valence-corrected chi connectivity index (χ3v) is 10.9. The zero-order chi connectivity index (χ0) is 37.1. The first-order chi connectivity index (χ1) is 25.4. The summed E-state index contributed by atoms with van der Waals surface area (Å²) in [6.07, 6.45) is 0. The zero-order valence-corrected chi connectivity index (χ0v) is 30.3. The minimum absolute atomic E-state index is 0.271. The van der Waals surface area contributed by atoms with E-state index in [0.29, 0.717) is 56.2 Å². The fourth-order valence-electron chi connectivity index (χ4n) is 8.27. The summed E-state index contributed by atoms with van der Waals surface area (Å²) >= 11 is 0. The number of nitrogens with zero attached hydrogens (tertiary/aromatic N) is 3. The van der Waals surface area contributed by atoms with Gasteiger partial charge in [0.15, 0.2) is 0 Å². The maximum Gasteiger partial charge on any atom is 0.261 e. The van der Waals surface area contributed by atoms with Crippen LogP contribution >= 0.6 is 0 Å². The molecule has 0 aromatic heterocycles. The summed E-state index contributed by atoms with van der Waals surface area (Å²) < 4.78 is 0. The van der Waals surface area contributed by atoms with E-state index in [-0.39, 0.29) is 29.0 Å². The topological polar surface area (TPSA) is 90.0 Å². The summed E-state index contributed by atoms with van der Waals surface area (Å²) in [5.41, 5.74) is 6.78. The Bertz CT molecular complexity index is 2690. The number of fused-ring (bicyclic) bond motifs is 4. The number of hydrogen-bond acceptors (Lipinski definition) is 4. The minimum Gasteiger partial charge on any atom is -0.321 e. The third kappa shape index (κ3) is 4.54. The van der Waals surface area contributed by atoms with Crippen LogP contribution < -0.4 is 5.32 Å². The molecule has 0 bridgehead atoms. The molecule has 0 spiro atoms. The number of carbonyl (C=O) groups is 4. The molecule has 0 aliphatic carbocycles. The van der Waals surface area contributed by atoms with Crippen LogP contribution in [0.15, 0.2) is 125 Å². The Morgan fingerprint density at radius 1 is 0.491 bits per heavy atom. The number of likely N-dealkylation sites (N-methyl/N-ethyl adjacent to an activating group) is 3. The Balaban J connectivity index is 1.27. The van der Waals surface area contributed by atoms with E-state index in [1.807, 2.05) is 103 Å². The molecule has 8 nitrogen and oxygen atoms in total. The number of carbonyl (C=O) groups excluding carboxylic acids is 4. The Morgan fingerprint density at radius 2 is 0.943 bits per heavy atom. The van der Waals surface area contributed by atoms with Crippen LogP contribution in [-0.4, -0.2) is 59.5 Å². The highest BCUT2D eigenvalue weighted by atomic mass is 16.2. The van der Waals surface area contributed by atoms with Crippen molar-refractivity contribution in [2.24, 2.45) is 0 Å². The number of amides is 4. The molecule has 0 radical (unpaired) electrons. The van der Waals surface area contributed by atoms with Crippen molar-refractivity contribution in [1.82, 2.24) is 20.0 Å². The van der Waals surface area contributed by atoms with Gasteiger partial charge < -0.3 is 20.0 Å². The maximum atomic E-state index is 14.3. The van der Waals surface area contributed by atoms with Crippen LogP contribution in [-0.2, 0) is 24.6 Å². The molecule has 5 aromatic carbocycles. The van der Waals surface area contributed by atoms with Crippen LogP contribution in [0.4, 0.5) is 0 Å². The first-order valence-electron chi connectivity index (χ1n) is 17.6. The van der Waals surface area contributed by atoms with E-state index < -0.39 is 0 Å². The van der Waals surface area contributed by atoms with Gasteiger partial charge in [0.05, 0.1) is 45.1 Å². The van der Waals surface area contributed by atoms with Gasteiger partial charge in [-0.2, -0.15) is 0 Å². The monoisotopic (exact) mass is 696 g/mol. The van der Waals surface area contributed by atoms with E-state index in [1.165, 1.54) is 0 Å². The van der Waals surface area contributed by atoms with Crippen LogP contribution in [0, 0.1) is 0 Å². The highest BCUT2D eigenvalue weighted by Gasteiger charge is 2.48. The lowest BCUT2D eigenvalue weighted by Crippen LogP contribution is -2.26. The SMILES string of the molecule is CN1C(=O)C2=C(c3cccc4ccccc34)N(C)C(=O)C2=C1c1cc(C2=C3C(=O)N(C)C(c4cccc5ccccc45)=C3C(=O)N2)cc(C(C)(C)C)c1. The normalized spacial score (nSPS) is 17.5. The van der Waals surface area contributed by atoms with Gasteiger partial charge >= 0.3 is 0 Å². The largest absolute Gasteiger partial charge is 0.321 e. The molecule has 0 saturated carbocycles. The first kappa shape index (κ1) is 32.4. The minimum atomic E-state index is -0.364. The molecule has 8 heteroatoms. The molecule has 260 valence electrons. The predicted octanol–water partition coefficient (Wildman–Crippen LogP) is 7.08. The van der Waals surface area contributed by atoms with Crippen molar-refractivity contribution in [2.75, 3.05) is 21.1 Å². The van der Waals surface area contributed by atoms with Crippen molar-refractivity contribution < 1.29 is 19.2 Å². The molecule has 53 heavy (non-hydrogen) atoms. The average molecular weight is 697 g/mol. The highest BCUT2D eigenvalue weighted by Crippen LogP contribution is 2.48. The van der Waals surface area contributed by atoms with Crippen molar-refractivity contribution in [3.63, 3.8) is 0 Å². The molecular weight excluding hydrogens is 661 g/mol. The number of nitrogens with one attached hydrogen (secondary N) is 1. The molecule has 4 aliphatic heterocycles. The van der Waals surface area contributed by atoms with Crippen LogP contribution in [0.25, 0.3) is 44.3 Å². The maximum absolute atomic E-state index is 14.3. The third-order valence-electron chi connectivity index (χ3n) is 10.9. The number of benzene rings is 5. The second-order valence-electron chi connectivity index (χ2n) is 15.1. The molecule has 1 N–H and O–H groups in total. The van der Waals surface area contributed by atoms with E-state index in [1.54, 1.807) is 35.8 Å². The van der Waals surface area contributed by atoms with Crippen LogP contribution in [0.1, 0.15) is 48.6 Å². The van der Waals surface area contributed by atoms with Crippen LogP contribution in [0.3, 0.4) is 0 Å². The predicted molar refractivity (Wildman–Crippen MR) is 207 cm³/mol. The summed E-state index contributed by atoms with van der Waals surface area (Å²) in [5.74, 6) is -1.18. The van der Waals surface area contributed by atoms with Gasteiger partial charge in [0, 0.05) is 37.8 Å². The van der Waals surface area contributed by atoms with E-state index in [2.05, 4.69) is 26.1 Å². The summed E-state index contributed by atoms with van der Waals surface area (Å²) in [6, 6.07) is 33.5. The first-order valence-corrected chi connectivity index (χ1v) is 17.6. The molecule has 0 saturated heterocycles. The molecule has 0 fully saturated rings. The number of rotatable bonds is 4. The van der Waals surface area contributed by atoms with E-state index in [9.17, 15) is 19.2 Å². The van der Waals surface area contributed by atoms with Gasteiger partial charge in [-0.05, 0) is 56.3 Å². The Labute approximate surface area is 307 Å². The second-order valence-corrected chi connectivity index (χ2v) is 15.1. The Kier molecular flexibility index (Phi) is 6.86. The smallest absolute Gasteiger partial charge is 0.261 e. The summed E-state index contributed by atoms with van der Waals surface area (Å²) in [7, 11) is 5.11. The van der Waals surface area contributed by atoms with Crippen molar-refractivity contribution in [1.29, 1.82) is 0 Å². The van der Waals surface area contributed by atoms with Crippen molar-refractivity contribution >= 4 is 68.0 Å². The standard InChI is InChI=1S/C45H36N4O4/c1-45(2,3)28-22-26(37-33-34(41(50)46-37)39(48(5)42(33)51)31-19-11-15-24-13-7-9-17-29(24)31)21-27(23-28)38-35-36(44(53)47(38)4)40(49(6)43(35)52)32-20-12-16-25-14-8-10-18-30(25)32/h7-23H,1-6H3,(H,46,50). The number of hydrogen-bond donors (Lipinski definition) is 1. The molecule has 4 amide bonds. The van der Waals surface area contributed by atoms with Gasteiger partial charge in [0.25, 0.3) is 23.6 Å². The van der Waals surface area contributed by atoms with Gasteiger partial charge in [0.1, 0.15) is 0 Å². The molecule has 9 rings (SSSR count). The Morgan fingerprint density at radius 3 is 1.51 bits per heavy atom. The summed E-state index contributed by atoms with van der Waals surface area (Å²) in [5, 5.41) is 6.95. The quantitative estimate of drug-likeness (QED) is 0.218. The van der Waals surface area contributed by atoms with Gasteiger partial charge in [-0.15, -0.1) is 0 Å². The lowest BCUT2D eigenvalue weighted by molar-refractivity contribution is -0.123. The van der Waals surface area contributed by atoms with Gasteiger partial charge in [-0.3, -0.25) is 19.2 Å². The average Bonchev–Trinajstić information content (AvgIpc) is 3.80. The summed E-state index contributed by atoms with van der Waals surface area (Å²) in [4.78, 5) is 61.3.